The van der Waals surface area contributed by atoms with Crippen molar-refractivity contribution >= 4 is 78.6 Å². The number of nitrogens with zero attached hydrogens (tertiary/aromatic N) is 9. The number of aromatic nitrogens is 3. The second-order valence-electron chi connectivity index (χ2n) is 12.9. The number of hydrogen-bond acceptors (Lipinski definition) is 17. The Kier molecular flexibility index (Phi) is 28.4. The van der Waals surface area contributed by atoms with Gasteiger partial charge in [0.25, 0.3) is 10.1 Å². The van der Waals surface area contributed by atoms with Crippen molar-refractivity contribution in [3.8, 4) is 11.5 Å². The molecule has 0 saturated heterocycles. The summed E-state index contributed by atoms with van der Waals surface area (Å²) < 4.78 is 35.2. The van der Waals surface area contributed by atoms with Crippen LogP contribution in [0.3, 0.4) is 0 Å². The van der Waals surface area contributed by atoms with E-state index in [1.807, 2.05) is 141 Å². The van der Waals surface area contributed by atoms with Crippen LogP contribution in [-0.4, -0.2) is 97.3 Å². The van der Waals surface area contributed by atoms with Crippen molar-refractivity contribution in [2.24, 2.45) is 20.5 Å². The maximum absolute atomic E-state index is 11.3. The Balaban J connectivity index is 0.000000852. The van der Waals surface area contributed by atoms with Gasteiger partial charge >= 0.3 is 0 Å². The average molecular weight is 1010 g/mol. The molecule has 0 spiro atoms. The molecule has 1 radical (unpaired) electrons. The van der Waals surface area contributed by atoms with Crippen LogP contribution in [0.25, 0.3) is 21.5 Å². The number of phenolic OH excluding ortho intramolecular Hbond substituents is 2. The summed E-state index contributed by atoms with van der Waals surface area (Å²) in [5, 5.41) is 48.7. The van der Waals surface area contributed by atoms with E-state index in [-0.39, 0.29) is 61.6 Å². The molecular weight excluding hydrogens is 950 g/mol. The monoisotopic (exact) mass is 1010 g/mol. The van der Waals surface area contributed by atoms with Crippen LogP contribution in [0.15, 0.2) is 110 Å². The molecule has 0 unspecified atom stereocenters. The summed E-state index contributed by atoms with van der Waals surface area (Å²) in [6.07, 6.45) is 0. The van der Waals surface area contributed by atoms with Crippen LogP contribution < -0.4 is 15.1 Å². The smallest absolute Gasteiger partial charge is 0.296 e. The molecule has 1 amide bonds. The Hall–Kier alpha value is -5.22. The molecule has 0 fully saturated rings. The molecular formula is C44H60N10O8S2Y. The fraction of sp³-hybridized carbons (Fsp3) is 0.318. The topological polar surface area (TPSA) is 248 Å². The van der Waals surface area contributed by atoms with Gasteiger partial charge in [-0.25, -0.2) is 5.26 Å². The maximum atomic E-state index is 11.3. The van der Waals surface area contributed by atoms with Gasteiger partial charge in [0.05, 0.1) is 5.69 Å². The number of aryl methyl sites for hydroxylation is 3. The molecule has 5 aromatic carbocycles. The Morgan fingerprint density at radius 3 is 1.66 bits per heavy atom. The van der Waals surface area contributed by atoms with E-state index in [0.29, 0.717) is 40.4 Å². The molecule has 65 heavy (non-hydrogen) atoms. The van der Waals surface area contributed by atoms with Crippen molar-refractivity contribution in [3.05, 3.63) is 102 Å². The standard InChI is InChI=1S/C18H16N2O.C11H10N2O4S.C8H15N5.C3H7NO3S.2C2H6.Y/c1-12-7-3-6-10-16(12)19-20-17-13(2)11-14-8-4-5-9-15(14)18(17)21;1-12-13-10-9(18(15,16)17)6-7-4-2-3-5-8(7)11(10)14;1-6-9-7(12(2)3)11-8(10-6)13(4)5;1-4-3(5)2-8-7-6;2*1-2;/h3-11,21H,1-2H3;2-6,14H,1H3,(H,15,16,17);1-5H3;6H,2H2,1H3,(H,4,5);2*1-2H3;. The van der Waals surface area contributed by atoms with Crippen LogP contribution in [0.1, 0.15) is 44.6 Å². The number of azo groups is 2. The predicted molar refractivity (Wildman–Crippen MR) is 258 cm³/mol. The first-order valence-corrected chi connectivity index (χ1v) is 22.2. The Morgan fingerprint density at radius 2 is 1.20 bits per heavy atom. The third-order valence-electron chi connectivity index (χ3n) is 8.04. The summed E-state index contributed by atoms with van der Waals surface area (Å²) in [4.78, 5) is 26.2. The van der Waals surface area contributed by atoms with Gasteiger partial charge in [-0.2, -0.15) is 43.0 Å². The van der Waals surface area contributed by atoms with Gasteiger partial charge in [0.15, 0.2) is 11.5 Å². The number of hydrogen-bond donors (Lipinski definition) is 5. The normalized spacial score (nSPS) is 10.3. The molecule has 21 heteroatoms. The van der Waals surface area contributed by atoms with Gasteiger partial charge in [-0.3, -0.25) is 9.35 Å². The summed E-state index contributed by atoms with van der Waals surface area (Å²) in [6, 6.07) is 25.4. The van der Waals surface area contributed by atoms with Gasteiger partial charge < -0.3 is 25.3 Å². The molecule has 1 heterocycles. The molecule has 6 aromatic rings. The molecule has 349 valence electrons. The van der Waals surface area contributed by atoms with Crippen LogP contribution in [0.4, 0.5) is 29.0 Å². The van der Waals surface area contributed by atoms with Crippen molar-refractivity contribution in [3.63, 3.8) is 0 Å². The minimum Gasteiger partial charge on any atom is -0.505 e. The number of amides is 1. The fourth-order valence-corrected chi connectivity index (χ4v) is 6.01. The molecule has 0 saturated carbocycles. The Morgan fingerprint density at radius 1 is 0.723 bits per heavy atom. The molecule has 18 nitrogen and oxygen atoms in total. The third-order valence-corrected chi connectivity index (χ3v) is 9.39. The number of carbonyl (C=O) groups is 1. The first-order chi connectivity index (χ1) is 30.4. The van der Waals surface area contributed by atoms with Crippen molar-refractivity contribution in [2.45, 2.75) is 53.4 Å². The van der Waals surface area contributed by atoms with E-state index >= 15 is 0 Å². The zero-order valence-corrected chi connectivity index (χ0v) is 43.6. The molecule has 0 bridgehead atoms. The zero-order chi connectivity index (χ0) is 48.6. The number of rotatable bonds is 9. The van der Waals surface area contributed by atoms with E-state index in [9.17, 15) is 23.4 Å². The number of phenols is 2. The average Bonchev–Trinajstić information content (AvgIpc) is 3.28. The van der Waals surface area contributed by atoms with E-state index in [1.54, 1.807) is 24.3 Å². The Labute approximate surface area is 411 Å². The van der Waals surface area contributed by atoms with Crippen LogP contribution in [0.5, 0.6) is 11.5 Å². The minimum atomic E-state index is -4.48. The van der Waals surface area contributed by atoms with E-state index in [1.165, 1.54) is 20.2 Å². The number of anilines is 2. The van der Waals surface area contributed by atoms with E-state index in [0.717, 1.165) is 33.4 Å². The van der Waals surface area contributed by atoms with Crippen molar-refractivity contribution in [1.82, 2.24) is 20.3 Å². The van der Waals surface area contributed by atoms with Gasteiger partial charge in [-0.05, 0) is 60.9 Å². The van der Waals surface area contributed by atoms with Crippen LogP contribution in [-0.2, 0) is 52.0 Å². The Bertz CT molecular complexity index is 2560. The van der Waals surface area contributed by atoms with Gasteiger partial charge in [0.1, 0.15) is 27.8 Å². The fourth-order valence-electron chi connectivity index (χ4n) is 5.05. The molecule has 5 N–H and O–H groups in total. The second kappa shape index (κ2) is 30.8. The van der Waals surface area contributed by atoms with E-state index in [2.05, 4.69) is 45.1 Å². The van der Waals surface area contributed by atoms with E-state index < -0.39 is 15.0 Å². The van der Waals surface area contributed by atoms with E-state index in [4.69, 9.17) is 9.81 Å². The maximum Gasteiger partial charge on any atom is 0.296 e. The largest absolute Gasteiger partial charge is 0.505 e. The summed E-state index contributed by atoms with van der Waals surface area (Å²) in [7, 11) is 6.01. The van der Waals surface area contributed by atoms with Gasteiger partial charge in [-0.15, -0.1) is 5.11 Å². The number of carbonyl (C=O) groups excluding carboxylic acids is 1. The number of benzene rings is 5. The second-order valence-corrected chi connectivity index (χ2v) is 15.0. The SMILES string of the molecule is CC.CC.CN=Nc1c(S(=O)(=O)O)cc2ccccc2c1O.CNC(=O)CSOO.Cc1ccccc1N=Nc1c(C)cc2ccccc2c1O.Cc1nc(N(C)C)nc(N(C)C)n1.[Y]. The molecule has 0 atom stereocenters. The summed E-state index contributed by atoms with van der Waals surface area (Å²) in [6.45, 7) is 13.8. The zero-order valence-electron chi connectivity index (χ0n) is 39.1. The first-order valence-electron chi connectivity index (χ1n) is 19.8. The van der Waals surface area contributed by atoms with Gasteiger partial charge in [-0.1, -0.05) is 94.4 Å². The predicted octanol–water partition coefficient (Wildman–Crippen LogP) is 10.3. The number of aromatic hydroxyl groups is 2. The summed E-state index contributed by atoms with van der Waals surface area (Å²) in [5.41, 5.74) is 3.03. The molecule has 0 aliphatic rings. The quantitative estimate of drug-likeness (QED) is 0.0297. The van der Waals surface area contributed by atoms with Gasteiger partial charge in [0.2, 0.25) is 17.8 Å². The number of nitrogens with one attached hydrogen (secondary N) is 1. The molecule has 6 rings (SSSR count). The van der Waals surface area contributed by atoms with Crippen molar-refractivity contribution in [2.75, 3.05) is 57.8 Å². The molecule has 1 aromatic heterocycles. The van der Waals surface area contributed by atoms with Crippen LogP contribution >= 0.6 is 12.0 Å². The molecule has 0 aliphatic carbocycles. The minimum absolute atomic E-state index is 0. The third kappa shape index (κ3) is 19.0. The molecule has 0 aliphatic heterocycles. The summed E-state index contributed by atoms with van der Waals surface area (Å²) >= 11 is 0.684. The first kappa shape index (κ1) is 59.8. The van der Waals surface area contributed by atoms with Crippen LogP contribution in [0.2, 0.25) is 0 Å². The van der Waals surface area contributed by atoms with Crippen molar-refractivity contribution < 1.29 is 70.3 Å². The van der Waals surface area contributed by atoms with Crippen LogP contribution in [0, 0.1) is 20.8 Å². The summed E-state index contributed by atoms with van der Waals surface area (Å²) in [5.74, 6) is 1.92. The number of fused-ring (bicyclic) bond motifs is 2. The van der Waals surface area contributed by atoms with Crippen molar-refractivity contribution in [1.29, 1.82) is 0 Å². The van der Waals surface area contributed by atoms with Gasteiger partial charge in [0, 0.05) is 97.8 Å².